The summed E-state index contributed by atoms with van der Waals surface area (Å²) in [7, 11) is 4.15. The fourth-order valence-electron chi connectivity index (χ4n) is 2.91. The van der Waals surface area contributed by atoms with Gasteiger partial charge in [0.2, 0.25) is 11.8 Å². The zero-order chi connectivity index (χ0) is 22.1. The molecule has 2 amide bonds. The Morgan fingerprint density at radius 3 is 1.64 bits per heavy atom. The van der Waals surface area contributed by atoms with Gasteiger partial charge < -0.3 is 14.7 Å². The lowest BCUT2D eigenvalue weighted by molar-refractivity contribution is -0.131. The Morgan fingerprint density at radius 1 is 0.964 bits per heavy atom. The summed E-state index contributed by atoms with van der Waals surface area (Å²) in [4.78, 5) is 30.4. The molecule has 166 valence electrons. The van der Waals surface area contributed by atoms with Crippen LogP contribution in [0.4, 0.5) is 0 Å². The molecule has 0 aromatic rings. The second-order valence-electron chi connectivity index (χ2n) is 9.51. The Bertz CT molecular complexity index is 456. The normalized spacial score (nSPS) is 18.2. The van der Waals surface area contributed by atoms with E-state index < -0.39 is 0 Å². The van der Waals surface area contributed by atoms with Crippen molar-refractivity contribution in [1.29, 1.82) is 0 Å². The predicted molar refractivity (Wildman–Crippen MR) is 118 cm³/mol. The molecule has 2 fully saturated rings. The van der Waals surface area contributed by atoms with Crippen LogP contribution in [0.2, 0.25) is 0 Å². The van der Waals surface area contributed by atoms with E-state index in [4.69, 9.17) is 0 Å². The van der Waals surface area contributed by atoms with Crippen LogP contribution in [0.5, 0.6) is 0 Å². The third-order valence-electron chi connectivity index (χ3n) is 5.44. The van der Waals surface area contributed by atoms with E-state index in [1.165, 1.54) is 0 Å². The third-order valence-corrected chi connectivity index (χ3v) is 5.44. The summed E-state index contributed by atoms with van der Waals surface area (Å²) in [5.41, 5.74) is 0.239. The summed E-state index contributed by atoms with van der Waals surface area (Å²) in [6, 6.07) is 1.09. The van der Waals surface area contributed by atoms with Crippen molar-refractivity contribution >= 4 is 11.8 Å². The summed E-state index contributed by atoms with van der Waals surface area (Å²) in [5, 5.41) is 0. The number of hydrogen-bond acceptors (Lipinski definition) is 4. The number of likely N-dealkylation sites (tertiary alicyclic amines) is 1. The molecule has 0 unspecified atom stereocenters. The van der Waals surface area contributed by atoms with Crippen LogP contribution in [0.15, 0.2) is 0 Å². The first-order valence-electron chi connectivity index (χ1n) is 10.7. The van der Waals surface area contributed by atoms with Crippen molar-refractivity contribution in [3.8, 4) is 0 Å². The summed E-state index contributed by atoms with van der Waals surface area (Å²) in [5.74, 6) is 0.526. The highest BCUT2D eigenvalue weighted by atomic mass is 16.2. The standard InChI is InChI=1S/C10H20N2O.C7H13NO.C5H13N/c1-9(13)11-5-7-12(8-6-11)10(2,3)4;1-6(2)8-5-3-4-7(8)9;1-5(2)6(3)4/h5-8H2,1-4H3;6H,3-5H2,1-2H3;5H,1-4H3. The quantitative estimate of drug-likeness (QED) is 0.718. The molecule has 28 heavy (non-hydrogen) atoms. The second-order valence-corrected chi connectivity index (χ2v) is 9.51. The van der Waals surface area contributed by atoms with E-state index in [2.05, 4.69) is 72.4 Å². The fourth-order valence-corrected chi connectivity index (χ4v) is 2.91. The van der Waals surface area contributed by atoms with Crippen LogP contribution >= 0.6 is 0 Å². The zero-order valence-electron chi connectivity index (χ0n) is 20.2. The van der Waals surface area contributed by atoms with Gasteiger partial charge in [0.1, 0.15) is 0 Å². The monoisotopic (exact) mass is 398 g/mol. The maximum Gasteiger partial charge on any atom is 0.222 e. The molecule has 0 radical (unpaired) electrons. The molecule has 0 atom stereocenters. The highest BCUT2D eigenvalue weighted by Crippen LogP contribution is 2.15. The van der Waals surface area contributed by atoms with Crippen LogP contribution in [0.3, 0.4) is 0 Å². The van der Waals surface area contributed by atoms with E-state index in [0.717, 1.165) is 45.6 Å². The van der Waals surface area contributed by atoms with Gasteiger partial charge in [-0.2, -0.15) is 0 Å². The topological polar surface area (TPSA) is 47.1 Å². The van der Waals surface area contributed by atoms with Gasteiger partial charge in [0, 0.05) is 63.7 Å². The van der Waals surface area contributed by atoms with Gasteiger partial charge in [-0.3, -0.25) is 14.5 Å². The number of carbonyl (C=O) groups is 2. The molecule has 6 nitrogen and oxygen atoms in total. The first-order valence-corrected chi connectivity index (χ1v) is 10.7. The molecule has 2 aliphatic rings. The SMILES string of the molecule is CC(=O)N1CCN(C(C)(C)C)CC1.CC(C)N(C)C.CC(C)N1CCCC1=O. The molecule has 2 aliphatic heterocycles. The first-order chi connectivity index (χ1) is 12.8. The summed E-state index contributed by atoms with van der Waals surface area (Å²) >= 11 is 0. The molecule has 0 N–H and O–H groups in total. The number of carbonyl (C=O) groups excluding carboxylic acids is 2. The van der Waals surface area contributed by atoms with Crippen molar-refractivity contribution in [2.75, 3.05) is 46.8 Å². The lowest BCUT2D eigenvalue weighted by atomic mass is 10.1. The highest BCUT2D eigenvalue weighted by Gasteiger charge is 2.26. The van der Waals surface area contributed by atoms with Crippen molar-refractivity contribution in [1.82, 2.24) is 19.6 Å². The molecule has 6 heteroatoms. The summed E-state index contributed by atoms with van der Waals surface area (Å²) < 4.78 is 0. The Hall–Kier alpha value is -1.14. The van der Waals surface area contributed by atoms with Crippen LogP contribution in [0.1, 0.15) is 68.2 Å². The number of hydrogen-bond donors (Lipinski definition) is 0. The van der Waals surface area contributed by atoms with Crippen LogP contribution < -0.4 is 0 Å². The van der Waals surface area contributed by atoms with Gasteiger partial charge >= 0.3 is 0 Å². The molecule has 0 aliphatic carbocycles. The van der Waals surface area contributed by atoms with Gasteiger partial charge in [0.15, 0.2) is 0 Å². The Morgan fingerprint density at radius 2 is 1.43 bits per heavy atom. The lowest BCUT2D eigenvalue weighted by Crippen LogP contribution is -2.54. The van der Waals surface area contributed by atoms with Crippen LogP contribution in [0, 0.1) is 0 Å². The molecule has 2 rings (SSSR count). The van der Waals surface area contributed by atoms with Gasteiger partial charge in [0.25, 0.3) is 0 Å². The zero-order valence-corrected chi connectivity index (χ0v) is 20.2. The van der Waals surface area contributed by atoms with Crippen molar-refractivity contribution in [3.05, 3.63) is 0 Å². The maximum atomic E-state index is 11.1. The van der Waals surface area contributed by atoms with Crippen molar-refractivity contribution in [2.45, 2.75) is 85.9 Å². The second kappa shape index (κ2) is 12.4. The summed E-state index contributed by atoms with van der Waals surface area (Å²) in [6.45, 7) is 21.5. The number of rotatable bonds is 2. The van der Waals surface area contributed by atoms with E-state index in [1.54, 1.807) is 6.92 Å². The van der Waals surface area contributed by atoms with Crippen LogP contribution in [-0.2, 0) is 9.59 Å². The van der Waals surface area contributed by atoms with E-state index in [1.807, 2.05) is 9.80 Å². The first kappa shape index (κ1) is 26.9. The van der Waals surface area contributed by atoms with E-state index in [-0.39, 0.29) is 11.4 Å². The largest absolute Gasteiger partial charge is 0.340 e. The molecule has 2 saturated heterocycles. The van der Waals surface area contributed by atoms with E-state index in [0.29, 0.717) is 18.0 Å². The summed E-state index contributed by atoms with van der Waals surface area (Å²) in [6.07, 6.45) is 1.81. The van der Waals surface area contributed by atoms with Crippen molar-refractivity contribution in [3.63, 3.8) is 0 Å². The molecule has 0 aromatic heterocycles. The number of nitrogens with zero attached hydrogens (tertiary/aromatic N) is 4. The molecule has 0 bridgehead atoms. The average Bonchev–Trinajstić information content (AvgIpc) is 3.01. The van der Waals surface area contributed by atoms with Gasteiger partial charge in [-0.25, -0.2) is 0 Å². The molecule has 0 aromatic carbocycles. The fraction of sp³-hybridized carbons (Fsp3) is 0.909. The minimum absolute atomic E-state index is 0.202. The smallest absolute Gasteiger partial charge is 0.222 e. The van der Waals surface area contributed by atoms with Crippen LogP contribution in [-0.4, -0.2) is 95.9 Å². The van der Waals surface area contributed by atoms with Gasteiger partial charge in [-0.05, 0) is 69.0 Å². The molecular weight excluding hydrogens is 352 g/mol. The Balaban J connectivity index is 0.000000423. The van der Waals surface area contributed by atoms with Gasteiger partial charge in [-0.1, -0.05) is 0 Å². The molecule has 0 saturated carbocycles. The molecule has 0 spiro atoms. The molecule has 2 heterocycles. The van der Waals surface area contributed by atoms with Crippen molar-refractivity contribution in [2.24, 2.45) is 0 Å². The Labute approximate surface area is 174 Å². The lowest BCUT2D eigenvalue weighted by Gasteiger charge is -2.42. The maximum absolute atomic E-state index is 11.1. The van der Waals surface area contributed by atoms with Crippen LogP contribution in [0.25, 0.3) is 0 Å². The highest BCUT2D eigenvalue weighted by molar-refractivity contribution is 5.78. The van der Waals surface area contributed by atoms with Crippen molar-refractivity contribution < 1.29 is 9.59 Å². The number of amides is 2. The minimum Gasteiger partial charge on any atom is -0.340 e. The molecular formula is C22H46N4O2. The van der Waals surface area contributed by atoms with E-state index in [9.17, 15) is 9.59 Å². The predicted octanol–water partition coefficient (Wildman–Crippen LogP) is 2.92. The third kappa shape index (κ3) is 10.4. The van der Waals surface area contributed by atoms with E-state index >= 15 is 0 Å². The minimum atomic E-state index is 0.202. The number of piperazine rings is 1. The Kier molecular flexibility index (Phi) is 11.9. The average molecular weight is 399 g/mol. The van der Waals surface area contributed by atoms with Gasteiger partial charge in [0.05, 0.1) is 0 Å². The van der Waals surface area contributed by atoms with Gasteiger partial charge in [-0.15, -0.1) is 0 Å².